The van der Waals surface area contributed by atoms with E-state index in [1.165, 1.54) is 4.52 Å². The Labute approximate surface area is 142 Å². The van der Waals surface area contributed by atoms with Gasteiger partial charge in [0.05, 0.1) is 12.2 Å². The van der Waals surface area contributed by atoms with Crippen molar-refractivity contribution < 1.29 is 4.79 Å². The van der Waals surface area contributed by atoms with E-state index in [1.54, 1.807) is 17.2 Å². The van der Waals surface area contributed by atoms with Crippen LogP contribution in [0.4, 0.5) is 0 Å². The average molecular weight is 338 g/mol. The number of nitrogens with one attached hydrogen (secondary N) is 2. The van der Waals surface area contributed by atoms with Gasteiger partial charge in [-0.05, 0) is 32.1 Å². The standard InChI is InChI=1S/C17H18N6O2/c24-16-11-6-8-22(9-13(11)19-14-5-7-18-23(14)16)17(25)15-10-3-1-2-4-12(10)20-21-15/h5,7,18H,1-4,6,8-9H2,(H,20,21). The van der Waals surface area contributed by atoms with Crippen LogP contribution in [0.25, 0.3) is 5.65 Å². The normalized spacial score (nSPS) is 16.7. The highest BCUT2D eigenvalue weighted by Gasteiger charge is 2.29. The van der Waals surface area contributed by atoms with Gasteiger partial charge in [0.15, 0.2) is 11.3 Å². The molecule has 1 aliphatic heterocycles. The van der Waals surface area contributed by atoms with Gasteiger partial charge in [0, 0.05) is 35.6 Å². The van der Waals surface area contributed by atoms with Crippen molar-refractivity contribution in [3.05, 3.63) is 50.8 Å². The molecule has 0 bridgehead atoms. The maximum Gasteiger partial charge on any atom is 0.276 e. The van der Waals surface area contributed by atoms with Gasteiger partial charge in [0.2, 0.25) is 0 Å². The average Bonchev–Trinajstić information content (AvgIpc) is 3.27. The van der Waals surface area contributed by atoms with E-state index in [-0.39, 0.29) is 11.5 Å². The number of aromatic amines is 2. The minimum absolute atomic E-state index is 0.0684. The second-order valence-corrected chi connectivity index (χ2v) is 6.71. The highest BCUT2D eigenvalue weighted by atomic mass is 16.2. The Kier molecular flexibility index (Phi) is 3.06. The van der Waals surface area contributed by atoms with E-state index in [0.29, 0.717) is 42.1 Å². The predicted molar refractivity (Wildman–Crippen MR) is 89.5 cm³/mol. The summed E-state index contributed by atoms with van der Waals surface area (Å²) in [4.78, 5) is 31.8. The summed E-state index contributed by atoms with van der Waals surface area (Å²) in [7, 11) is 0. The number of carbonyl (C=O) groups excluding carboxylic acids is 1. The van der Waals surface area contributed by atoms with E-state index in [1.807, 2.05) is 0 Å². The number of rotatable bonds is 1. The smallest absolute Gasteiger partial charge is 0.276 e. The molecule has 0 unspecified atom stereocenters. The molecule has 0 saturated heterocycles. The molecule has 5 rings (SSSR count). The summed E-state index contributed by atoms with van der Waals surface area (Å²) in [6, 6.07) is 1.76. The van der Waals surface area contributed by atoms with Crippen LogP contribution in [0.3, 0.4) is 0 Å². The Balaban J connectivity index is 1.49. The van der Waals surface area contributed by atoms with Crippen LogP contribution in [0.15, 0.2) is 17.1 Å². The highest BCUT2D eigenvalue weighted by molar-refractivity contribution is 5.94. The van der Waals surface area contributed by atoms with E-state index < -0.39 is 0 Å². The number of aryl methyl sites for hydroxylation is 1. The van der Waals surface area contributed by atoms with Crippen molar-refractivity contribution in [2.45, 2.75) is 38.6 Å². The second-order valence-electron chi connectivity index (χ2n) is 6.71. The molecule has 0 aromatic carbocycles. The lowest BCUT2D eigenvalue weighted by Gasteiger charge is -2.27. The van der Waals surface area contributed by atoms with Gasteiger partial charge < -0.3 is 4.90 Å². The topological polar surface area (TPSA) is 99.2 Å². The molecule has 2 aliphatic rings. The quantitative estimate of drug-likeness (QED) is 0.686. The maximum absolute atomic E-state index is 13.0. The first-order chi connectivity index (χ1) is 12.2. The monoisotopic (exact) mass is 338 g/mol. The van der Waals surface area contributed by atoms with Crippen molar-refractivity contribution in [3.8, 4) is 0 Å². The second kappa shape index (κ2) is 5.30. The van der Waals surface area contributed by atoms with Crippen molar-refractivity contribution in [2.24, 2.45) is 0 Å². The fourth-order valence-corrected chi connectivity index (χ4v) is 3.91. The molecule has 128 valence electrons. The fourth-order valence-electron chi connectivity index (χ4n) is 3.91. The number of aromatic nitrogens is 5. The van der Waals surface area contributed by atoms with Crippen molar-refractivity contribution in [1.29, 1.82) is 0 Å². The van der Waals surface area contributed by atoms with Crippen molar-refractivity contribution >= 4 is 11.6 Å². The molecule has 3 aromatic rings. The lowest BCUT2D eigenvalue weighted by atomic mass is 9.95. The summed E-state index contributed by atoms with van der Waals surface area (Å²) >= 11 is 0. The highest BCUT2D eigenvalue weighted by Crippen LogP contribution is 2.24. The van der Waals surface area contributed by atoms with E-state index >= 15 is 0 Å². The van der Waals surface area contributed by atoms with Crippen LogP contribution in [0.2, 0.25) is 0 Å². The van der Waals surface area contributed by atoms with E-state index in [9.17, 15) is 9.59 Å². The Hall–Kier alpha value is -2.90. The van der Waals surface area contributed by atoms with Gasteiger partial charge in [0.25, 0.3) is 11.5 Å². The first-order valence-corrected chi connectivity index (χ1v) is 8.65. The third-order valence-electron chi connectivity index (χ3n) is 5.24. The Morgan fingerprint density at radius 1 is 1.16 bits per heavy atom. The summed E-state index contributed by atoms with van der Waals surface area (Å²) in [5, 5.41) is 10.2. The lowest BCUT2D eigenvalue weighted by molar-refractivity contribution is 0.0724. The van der Waals surface area contributed by atoms with Crippen LogP contribution >= 0.6 is 0 Å². The van der Waals surface area contributed by atoms with Crippen LogP contribution in [0.1, 0.15) is 45.8 Å². The zero-order valence-corrected chi connectivity index (χ0v) is 13.7. The lowest BCUT2D eigenvalue weighted by Crippen LogP contribution is -2.40. The third-order valence-corrected chi connectivity index (χ3v) is 5.24. The Bertz CT molecular complexity index is 1040. The van der Waals surface area contributed by atoms with Crippen molar-refractivity contribution in [2.75, 3.05) is 6.54 Å². The maximum atomic E-state index is 13.0. The van der Waals surface area contributed by atoms with Crippen LogP contribution in [-0.4, -0.2) is 42.1 Å². The summed E-state index contributed by atoms with van der Waals surface area (Å²) in [6.07, 6.45) is 6.30. The van der Waals surface area contributed by atoms with E-state index in [4.69, 9.17) is 0 Å². The Morgan fingerprint density at radius 2 is 2.04 bits per heavy atom. The summed E-state index contributed by atoms with van der Waals surface area (Å²) in [6.45, 7) is 0.865. The largest absolute Gasteiger partial charge is 0.331 e. The molecule has 3 aromatic heterocycles. The molecular weight excluding hydrogens is 320 g/mol. The van der Waals surface area contributed by atoms with Gasteiger partial charge >= 0.3 is 0 Å². The van der Waals surface area contributed by atoms with Crippen molar-refractivity contribution in [3.63, 3.8) is 0 Å². The first-order valence-electron chi connectivity index (χ1n) is 8.65. The van der Waals surface area contributed by atoms with Crippen LogP contribution in [-0.2, 0) is 25.8 Å². The van der Waals surface area contributed by atoms with Gasteiger partial charge in [-0.3, -0.25) is 19.8 Å². The number of hydrogen-bond donors (Lipinski definition) is 2. The molecule has 0 fully saturated rings. The molecule has 0 atom stereocenters. The molecule has 2 N–H and O–H groups in total. The van der Waals surface area contributed by atoms with E-state index in [0.717, 1.165) is 36.9 Å². The molecule has 25 heavy (non-hydrogen) atoms. The minimum Gasteiger partial charge on any atom is -0.331 e. The van der Waals surface area contributed by atoms with Gasteiger partial charge in [0.1, 0.15) is 0 Å². The summed E-state index contributed by atoms with van der Waals surface area (Å²) < 4.78 is 1.44. The predicted octanol–water partition coefficient (Wildman–Crippen LogP) is 0.823. The molecule has 8 nitrogen and oxygen atoms in total. The van der Waals surface area contributed by atoms with Crippen LogP contribution in [0, 0.1) is 0 Å². The molecule has 1 amide bonds. The minimum atomic E-state index is -0.0748. The molecule has 0 radical (unpaired) electrons. The third kappa shape index (κ3) is 2.13. The van der Waals surface area contributed by atoms with Gasteiger partial charge in [-0.25, -0.2) is 9.50 Å². The zero-order valence-electron chi connectivity index (χ0n) is 13.7. The zero-order chi connectivity index (χ0) is 17.0. The number of hydrogen-bond acceptors (Lipinski definition) is 4. The van der Waals surface area contributed by atoms with E-state index in [2.05, 4.69) is 20.3 Å². The number of amides is 1. The molecule has 4 heterocycles. The van der Waals surface area contributed by atoms with Gasteiger partial charge in [-0.15, -0.1) is 0 Å². The summed E-state index contributed by atoms with van der Waals surface area (Å²) in [5.41, 5.74) is 4.58. The molecule has 1 aliphatic carbocycles. The molecule has 8 heteroatoms. The fraction of sp³-hybridized carbons (Fsp3) is 0.412. The SMILES string of the molecule is O=C(c1n[nH]c2c1CCCC2)N1CCc2c(nc3cc[nH]n3c2=O)C1. The van der Waals surface area contributed by atoms with Gasteiger partial charge in [-0.2, -0.15) is 5.10 Å². The summed E-state index contributed by atoms with van der Waals surface area (Å²) in [5.74, 6) is -0.0684. The number of nitrogens with zero attached hydrogens (tertiary/aromatic N) is 4. The van der Waals surface area contributed by atoms with Gasteiger partial charge in [-0.1, -0.05) is 0 Å². The number of fused-ring (bicyclic) bond motifs is 3. The Morgan fingerprint density at radius 3 is 2.96 bits per heavy atom. The number of H-pyrrole nitrogens is 2. The first kappa shape index (κ1) is 14.4. The van der Waals surface area contributed by atoms with Crippen LogP contribution in [0.5, 0.6) is 0 Å². The molecular formula is C17H18N6O2. The molecule has 0 saturated carbocycles. The number of carbonyl (C=O) groups is 1. The van der Waals surface area contributed by atoms with Crippen molar-refractivity contribution in [1.82, 2.24) is 29.7 Å². The molecule has 0 spiro atoms. The van der Waals surface area contributed by atoms with Crippen LogP contribution < -0.4 is 5.56 Å².